The van der Waals surface area contributed by atoms with Crippen LogP contribution in [0.15, 0.2) is 24.3 Å². The Hall–Kier alpha value is -2.04. The van der Waals surface area contributed by atoms with E-state index in [0.717, 1.165) is 31.7 Å². The van der Waals surface area contributed by atoms with Crippen LogP contribution in [-0.2, 0) is 0 Å². The van der Waals surface area contributed by atoms with Crippen LogP contribution >= 0.6 is 0 Å². The summed E-state index contributed by atoms with van der Waals surface area (Å²) in [7, 11) is 2.09. The van der Waals surface area contributed by atoms with Gasteiger partial charge in [-0.3, -0.25) is 0 Å². The van der Waals surface area contributed by atoms with E-state index in [0.29, 0.717) is 12.0 Å². The van der Waals surface area contributed by atoms with Gasteiger partial charge in [0.1, 0.15) is 0 Å². The van der Waals surface area contributed by atoms with E-state index in [9.17, 15) is 0 Å². The van der Waals surface area contributed by atoms with Crippen LogP contribution in [0.1, 0.15) is 18.4 Å². The van der Waals surface area contributed by atoms with Gasteiger partial charge >= 0.3 is 0 Å². The first-order valence-electron chi connectivity index (χ1n) is 6.57. The SMILES string of the molecule is CN1CCCN(c2ccc(C#N)cc2)CC1CC#N. The normalized spacial score (nSPS) is 20.4. The van der Waals surface area contributed by atoms with E-state index < -0.39 is 0 Å². The summed E-state index contributed by atoms with van der Waals surface area (Å²) in [5, 5.41) is 17.7. The van der Waals surface area contributed by atoms with E-state index in [1.54, 1.807) is 0 Å². The molecule has 0 bridgehead atoms. The number of nitrogens with zero attached hydrogens (tertiary/aromatic N) is 4. The third kappa shape index (κ3) is 3.24. The number of likely N-dealkylation sites (N-methyl/N-ethyl adjacent to an activating group) is 1. The van der Waals surface area contributed by atoms with Crippen molar-refractivity contribution < 1.29 is 0 Å². The van der Waals surface area contributed by atoms with Gasteiger partial charge in [-0.2, -0.15) is 10.5 Å². The fraction of sp³-hybridized carbons (Fsp3) is 0.467. The molecule has 1 unspecified atom stereocenters. The van der Waals surface area contributed by atoms with Gasteiger partial charge in [-0.25, -0.2) is 0 Å². The highest BCUT2D eigenvalue weighted by molar-refractivity contribution is 5.50. The lowest BCUT2D eigenvalue weighted by atomic mass is 10.1. The Morgan fingerprint density at radius 2 is 1.95 bits per heavy atom. The molecule has 19 heavy (non-hydrogen) atoms. The van der Waals surface area contributed by atoms with Crippen molar-refractivity contribution in [2.24, 2.45) is 0 Å². The lowest BCUT2D eigenvalue weighted by Crippen LogP contribution is -2.38. The van der Waals surface area contributed by atoms with E-state index in [1.165, 1.54) is 0 Å². The molecule has 1 aliphatic rings. The van der Waals surface area contributed by atoms with Crippen molar-refractivity contribution in [3.05, 3.63) is 29.8 Å². The van der Waals surface area contributed by atoms with Gasteiger partial charge < -0.3 is 9.80 Å². The number of nitriles is 2. The van der Waals surface area contributed by atoms with Crippen LogP contribution < -0.4 is 4.90 Å². The van der Waals surface area contributed by atoms with Gasteiger partial charge in [0, 0.05) is 24.8 Å². The number of benzene rings is 1. The molecule has 0 aliphatic carbocycles. The summed E-state index contributed by atoms with van der Waals surface area (Å²) in [6.07, 6.45) is 1.65. The van der Waals surface area contributed by atoms with Gasteiger partial charge in [-0.05, 0) is 44.3 Å². The van der Waals surface area contributed by atoms with Gasteiger partial charge in [0.15, 0.2) is 0 Å². The molecule has 1 fully saturated rings. The van der Waals surface area contributed by atoms with Crippen LogP contribution in [0.4, 0.5) is 5.69 Å². The molecule has 1 aromatic carbocycles. The predicted octanol–water partition coefficient (Wildman–Crippen LogP) is 1.98. The van der Waals surface area contributed by atoms with Crippen LogP contribution in [0.2, 0.25) is 0 Å². The van der Waals surface area contributed by atoms with E-state index in [4.69, 9.17) is 10.5 Å². The first-order valence-corrected chi connectivity index (χ1v) is 6.57. The molecule has 98 valence electrons. The predicted molar refractivity (Wildman–Crippen MR) is 74.6 cm³/mol. The molecule has 0 spiro atoms. The standard InChI is InChI=1S/C15H18N4/c1-18-9-2-10-19(12-15(18)7-8-16)14-5-3-13(11-17)4-6-14/h3-6,15H,2,7,9-10,12H2,1H3. The molecule has 1 aliphatic heterocycles. The highest BCUT2D eigenvalue weighted by Gasteiger charge is 2.22. The molecule has 0 amide bonds. The maximum Gasteiger partial charge on any atom is 0.0991 e. The molecule has 0 saturated carbocycles. The molecule has 0 radical (unpaired) electrons. The molecule has 4 nitrogen and oxygen atoms in total. The van der Waals surface area contributed by atoms with E-state index >= 15 is 0 Å². The summed E-state index contributed by atoms with van der Waals surface area (Å²) >= 11 is 0. The van der Waals surface area contributed by atoms with Crippen molar-refractivity contribution in [1.29, 1.82) is 10.5 Å². The first kappa shape index (κ1) is 13.4. The van der Waals surface area contributed by atoms with Gasteiger partial charge in [0.25, 0.3) is 0 Å². The van der Waals surface area contributed by atoms with Crippen LogP contribution in [0.25, 0.3) is 0 Å². The molecule has 1 atom stereocenters. The zero-order chi connectivity index (χ0) is 13.7. The number of rotatable bonds is 2. The summed E-state index contributed by atoms with van der Waals surface area (Å²) in [6, 6.07) is 12.4. The molecule has 4 heteroatoms. The van der Waals surface area contributed by atoms with Gasteiger partial charge in [-0.15, -0.1) is 0 Å². The van der Waals surface area contributed by atoms with Crippen LogP contribution in [0.5, 0.6) is 0 Å². The minimum Gasteiger partial charge on any atom is -0.370 e. The van der Waals surface area contributed by atoms with Gasteiger partial charge in [0.2, 0.25) is 0 Å². The van der Waals surface area contributed by atoms with Crippen LogP contribution in [0.3, 0.4) is 0 Å². The zero-order valence-corrected chi connectivity index (χ0v) is 11.2. The van der Waals surface area contributed by atoms with Gasteiger partial charge in [0.05, 0.1) is 24.1 Å². The Morgan fingerprint density at radius 3 is 2.58 bits per heavy atom. The second-order valence-corrected chi connectivity index (χ2v) is 4.95. The molecule has 0 N–H and O–H groups in total. The zero-order valence-electron chi connectivity index (χ0n) is 11.2. The molecular weight excluding hydrogens is 236 g/mol. The second kappa shape index (κ2) is 6.22. The third-order valence-corrected chi connectivity index (χ3v) is 3.68. The number of hydrogen-bond acceptors (Lipinski definition) is 4. The maximum absolute atomic E-state index is 8.92. The summed E-state index contributed by atoms with van der Waals surface area (Å²) in [6.45, 7) is 2.90. The third-order valence-electron chi connectivity index (χ3n) is 3.68. The summed E-state index contributed by atoms with van der Waals surface area (Å²) in [4.78, 5) is 4.58. The largest absolute Gasteiger partial charge is 0.370 e. The van der Waals surface area contributed by atoms with Crippen molar-refractivity contribution in [3.63, 3.8) is 0 Å². The second-order valence-electron chi connectivity index (χ2n) is 4.95. The monoisotopic (exact) mass is 254 g/mol. The molecule has 1 aromatic rings. The fourth-order valence-corrected chi connectivity index (χ4v) is 2.49. The van der Waals surface area contributed by atoms with Crippen molar-refractivity contribution in [2.75, 3.05) is 31.6 Å². The average molecular weight is 254 g/mol. The Balaban J connectivity index is 2.14. The molecule has 0 aromatic heterocycles. The quantitative estimate of drug-likeness (QED) is 0.810. The Bertz CT molecular complexity index is 494. The molecule has 1 heterocycles. The van der Waals surface area contributed by atoms with Crippen molar-refractivity contribution in [2.45, 2.75) is 18.9 Å². The van der Waals surface area contributed by atoms with Crippen molar-refractivity contribution >= 4 is 5.69 Å². The molecule has 2 rings (SSSR count). The fourth-order valence-electron chi connectivity index (χ4n) is 2.49. The highest BCUT2D eigenvalue weighted by Crippen LogP contribution is 2.20. The number of hydrogen-bond donors (Lipinski definition) is 0. The van der Waals surface area contributed by atoms with Crippen LogP contribution in [-0.4, -0.2) is 37.6 Å². The summed E-state index contributed by atoms with van der Waals surface area (Å²) in [5.74, 6) is 0. The summed E-state index contributed by atoms with van der Waals surface area (Å²) in [5.41, 5.74) is 1.82. The topological polar surface area (TPSA) is 54.1 Å². The van der Waals surface area contributed by atoms with Gasteiger partial charge in [-0.1, -0.05) is 0 Å². The lowest BCUT2D eigenvalue weighted by Gasteiger charge is -2.28. The Morgan fingerprint density at radius 1 is 1.21 bits per heavy atom. The number of anilines is 1. The average Bonchev–Trinajstić information content (AvgIpc) is 2.62. The molecular formula is C15H18N4. The van der Waals surface area contributed by atoms with E-state index in [1.807, 2.05) is 24.3 Å². The Labute approximate surface area is 114 Å². The highest BCUT2D eigenvalue weighted by atomic mass is 15.2. The van der Waals surface area contributed by atoms with Crippen molar-refractivity contribution in [3.8, 4) is 12.1 Å². The lowest BCUT2D eigenvalue weighted by molar-refractivity contribution is 0.264. The smallest absolute Gasteiger partial charge is 0.0991 e. The van der Waals surface area contributed by atoms with E-state index in [2.05, 4.69) is 29.0 Å². The molecule has 1 saturated heterocycles. The van der Waals surface area contributed by atoms with Crippen molar-refractivity contribution in [1.82, 2.24) is 4.90 Å². The Kier molecular flexibility index (Phi) is 4.39. The van der Waals surface area contributed by atoms with E-state index in [-0.39, 0.29) is 6.04 Å². The summed E-state index contributed by atoms with van der Waals surface area (Å²) < 4.78 is 0. The first-order chi connectivity index (χ1) is 9.24. The minimum absolute atomic E-state index is 0.281. The minimum atomic E-state index is 0.281. The maximum atomic E-state index is 8.92. The van der Waals surface area contributed by atoms with Crippen LogP contribution in [0, 0.1) is 22.7 Å².